The van der Waals surface area contributed by atoms with E-state index in [2.05, 4.69) is 11.9 Å². The Labute approximate surface area is 152 Å². The molecule has 128 valence electrons. The second-order valence-corrected chi connectivity index (χ2v) is 6.81. The van der Waals surface area contributed by atoms with Crippen molar-refractivity contribution in [1.29, 1.82) is 0 Å². The van der Waals surface area contributed by atoms with Gasteiger partial charge in [-0.15, -0.1) is 0 Å². The third-order valence-corrected chi connectivity index (χ3v) is 5.19. The van der Waals surface area contributed by atoms with Crippen LogP contribution in [0.2, 0.25) is 5.15 Å². The summed E-state index contributed by atoms with van der Waals surface area (Å²) in [5, 5.41) is 1.39. The fraction of sp³-hybridized carbons (Fsp3) is 0.250. The monoisotopic (exact) mass is 353 g/mol. The summed E-state index contributed by atoms with van der Waals surface area (Å²) in [7, 11) is 2.08. The van der Waals surface area contributed by atoms with E-state index in [0.29, 0.717) is 10.7 Å². The third kappa shape index (κ3) is 2.81. The van der Waals surface area contributed by atoms with Gasteiger partial charge in [-0.05, 0) is 25.2 Å². The largest absolute Gasteiger partial charge is 0.336 e. The lowest BCUT2D eigenvalue weighted by Gasteiger charge is -2.32. The maximum atomic E-state index is 13.2. The Balaban J connectivity index is 1.85. The van der Waals surface area contributed by atoms with Crippen molar-refractivity contribution in [1.82, 2.24) is 14.4 Å². The predicted molar refractivity (Wildman–Crippen MR) is 102 cm³/mol. The molecule has 4 nitrogen and oxygen atoms in total. The number of nitrogens with zero attached hydrogens (tertiary/aromatic N) is 3. The molecular formula is C20H20ClN3O. The van der Waals surface area contributed by atoms with Crippen molar-refractivity contribution in [2.24, 2.45) is 0 Å². The van der Waals surface area contributed by atoms with Gasteiger partial charge in [0.25, 0.3) is 5.91 Å². The Kier molecular flexibility index (Phi) is 4.24. The van der Waals surface area contributed by atoms with E-state index in [-0.39, 0.29) is 5.91 Å². The van der Waals surface area contributed by atoms with Gasteiger partial charge in [0.05, 0.1) is 11.1 Å². The highest BCUT2D eigenvalue weighted by molar-refractivity contribution is 6.36. The van der Waals surface area contributed by atoms with Gasteiger partial charge in [0.15, 0.2) is 0 Å². The molecule has 1 aliphatic heterocycles. The van der Waals surface area contributed by atoms with E-state index in [1.165, 1.54) is 0 Å². The number of carbonyl (C=O) groups is 1. The van der Waals surface area contributed by atoms with Crippen LogP contribution in [0.4, 0.5) is 0 Å². The molecule has 25 heavy (non-hydrogen) atoms. The number of aromatic nitrogens is 1. The first-order valence-corrected chi connectivity index (χ1v) is 8.87. The molecule has 3 aromatic rings. The van der Waals surface area contributed by atoms with Crippen LogP contribution in [0.1, 0.15) is 10.4 Å². The van der Waals surface area contributed by atoms with E-state index >= 15 is 0 Å². The molecule has 5 heteroatoms. The molecule has 1 fully saturated rings. The van der Waals surface area contributed by atoms with Crippen molar-refractivity contribution in [3.8, 4) is 5.69 Å². The van der Waals surface area contributed by atoms with E-state index in [4.69, 9.17) is 11.6 Å². The maximum Gasteiger partial charge on any atom is 0.257 e. The zero-order valence-corrected chi connectivity index (χ0v) is 14.9. The lowest BCUT2D eigenvalue weighted by molar-refractivity contribution is 0.0666. The summed E-state index contributed by atoms with van der Waals surface area (Å²) in [5.74, 6) is 0.0176. The van der Waals surface area contributed by atoms with Crippen LogP contribution in [0, 0.1) is 0 Å². The van der Waals surface area contributed by atoms with Gasteiger partial charge in [0.2, 0.25) is 0 Å². The van der Waals surface area contributed by atoms with E-state index in [1.54, 1.807) is 0 Å². The summed E-state index contributed by atoms with van der Waals surface area (Å²) in [6, 6.07) is 17.8. The molecule has 2 aromatic carbocycles. The zero-order chi connectivity index (χ0) is 17.4. The molecule has 0 bridgehead atoms. The van der Waals surface area contributed by atoms with Crippen molar-refractivity contribution >= 4 is 28.4 Å². The second-order valence-electron chi connectivity index (χ2n) is 6.45. The van der Waals surface area contributed by atoms with Gasteiger partial charge in [-0.2, -0.15) is 0 Å². The highest BCUT2D eigenvalue weighted by Gasteiger charge is 2.27. The summed E-state index contributed by atoms with van der Waals surface area (Å²) in [6.07, 6.45) is 0. The number of carbonyl (C=O) groups excluding carboxylic acids is 1. The number of piperazine rings is 1. The Hall–Kier alpha value is -2.30. The first-order chi connectivity index (χ1) is 12.2. The molecule has 1 amide bonds. The molecule has 1 aliphatic rings. The summed E-state index contributed by atoms with van der Waals surface area (Å²) >= 11 is 6.73. The Morgan fingerprint density at radius 1 is 0.920 bits per heavy atom. The minimum Gasteiger partial charge on any atom is -0.336 e. The van der Waals surface area contributed by atoms with Crippen LogP contribution in [0.15, 0.2) is 54.6 Å². The lowest BCUT2D eigenvalue weighted by Crippen LogP contribution is -2.47. The van der Waals surface area contributed by atoms with Crippen LogP contribution in [0.5, 0.6) is 0 Å². The molecule has 0 unspecified atom stereocenters. The van der Waals surface area contributed by atoms with Crippen molar-refractivity contribution in [2.45, 2.75) is 0 Å². The second kappa shape index (κ2) is 6.54. The molecule has 1 saturated heterocycles. The average Bonchev–Trinajstić information content (AvgIpc) is 2.94. The van der Waals surface area contributed by atoms with Crippen LogP contribution >= 0.6 is 11.6 Å². The molecular weight excluding hydrogens is 334 g/mol. The summed E-state index contributed by atoms with van der Waals surface area (Å²) in [6.45, 7) is 3.24. The van der Waals surface area contributed by atoms with Gasteiger partial charge >= 0.3 is 0 Å². The van der Waals surface area contributed by atoms with Gasteiger partial charge < -0.3 is 9.80 Å². The smallest absolute Gasteiger partial charge is 0.257 e. The van der Waals surface area contributed by atoms with Gasteiger partial charge in [-0.3, -0.25) is 9.36 Å². The molecule has 2 heterocycles. The number of likely N-dealkylation sites (N-methyl/N-ethyl adjacent to an activating group) is 1. The normalized spacial score (nSPS) is 15.7. The summed E-state index contributed by atoms with van der Waals surface area (Å²) in [4.78, 5) is 17.3. The van der Waals surface area contributed by atoms with Gasteiger partial charge in [-0.1, -0.05) is 48.0 Å². The molecule has 0 N–H and O–H groups in total. The standard InChI is InChI=1S/C20H20ClN3O/c1-22-11-13-23(14-12-22)20(25)18-16-9-5-6-10-17(16)24(19(18)21)15-7-3-2-4-8-15/h2-10H,11-14H2,1H3. The molecule has 0 atom stereocenters. The minimum atomic E-state index is 0.0176. The van der Waals surface area contributed by atoms with Crippen molar-refractivity contribution in [2.75, 3.05) is 33.2 Å². The van der Waals surface area contributed by atoms with Crippen molar-refractivity contribution in [3.63, 3.8) is 0 Å². The van der Waals surface area contributed by atoms with Crippen LogP contribution in [-0.4, -0.2) is 53.5 Å². The first kappa shape index (κ1) is 16.2. The predicted octanol–water partition coefficient (Wildman–Crippen LogP) is 3.67. The number of para-hydroxylation sites is 2. The fourth-order valence-electron chi connectivity index (χ4n) is 3.41. The van der Waals surface area contributed by atoms with E-state index in [1.807, 2.05) is 64.1 Å². The third-order valence-electron chi connectivity index (χ3n) is 4.84. The average molecular weight is 354 g/mol. The lowest BCUT2D eigenvalue weighted by atomic mass is 10.1. The SMILES string of the molecule is CN1CCN(C(=O)c2c(Cl)n(-c3ccccc3)c3ccccc23)CC1. The van der Waals surface area contributed by atoms with E-state index < -0.39 is 0 Å². The quantitative estimate of drug-likeness (QED) is 0.703. The molecule has 1 aromatic heterocycles. The molecule has 0 aliphatic carbocycles. The number of amides is 1. The summed E-state index contributed by atoms with van der Waals surface area (Å²) < 4.78 is 1.96. The van der Waals surface area contributed by atoms with Crippen LogP contribution < -0.4 is 0 Å². The van der Waals surface area contributed by atoms with Crippen LogP contribution in [0.3, 0.4) is 0 Å². The topological polar surface area (TPSA) is 28.5 Å². The Bertz CT molecular complexity index is 911. The Morgan fingerprint density at radius 2 is 1.56 bits per heavy atom. The Morgan fingerprint density at radius 3 is 2.28 bits per heavy atom. The zero-order valence-electron chi connectivity index (χ0n) is 14.2. The van der Waals surface area contributed by atoms with Gasteiger partial charge in [0, 0.05) is 37.3 Å². The highest BCUT2D eigenvalue weighted by Crippen LogP contribution is 2.34. The number of halogens is 1. The molecule has 4 rings (SSSR count). The van der Waals surface area contributed by atoms with E-state index in [9.17, 15) is 4.79 Å². The molecule has 0 saturated carbocycles. The number of fused-ring (bicyclic) bond motifs is 1. The van der Waals surface area contributed by atoms with Crippen LogP contribution in [-0.2, 0) is 0 Å². The summed E-state index contributed by atoms with van der Waals surface area (Å²) in [5.41, 5.74) is 2.52. The maximum absolute atomic E-state index is 13.2. The van der Waals surface area contributed by atoms with Crippen molar-refractivity contribution < 1.29 is 4.79 Å². The van der Waals surface area contributed by atoms with Crippen LogP contribution in [0.25, 0.3) is 16.6 Å². The van der Waals surface area contributed by atoms with Gasteiger partial charge in [-0.25, -0.2) is 0 Å². The van der Waals surface area contributed by atoms with E-state index in [0.717, 1.165) is 42.8 Å². The minimum absolute atomic E-state index is 0.0176. The highest BCUT2D eigenvalue weighted by atomic mass is 35.5. The number of benzene rings is 2. The number of hydrogen-bond acceptors (Lipinski definition) is 2. The van der Waals surface area contributed by atoms with Gasteiger partial charge in [0.1, 0.15) is 5.15 Å². The fourth-order valence-corrected chi connectivity index (χ4v) is 3.78. The molecule has 0 radical (unpaired) electrons. The number of hydrogen-bond donors (Lipinski definition) is 0. The van der Waals surface area contributed by atoms with Crippen molar-refractivity contribution in [3.05, 3.63) is 65.3 Å². The number of rotatable bonds is 2. The molecule has 0 spiro atoms. The first-order valence-electron chi connectivity index (χ1n) is 8.49.